The molecule has 118 valence electrons. The van der Waals surface area contributed by atoms with Crippen LogP contribution in [0.5, 0.6) is 0 Å². The number of amidine groups is 1. The fourth-order valence-electron chi connectivity index (χ4n) is 2.89. The summed E-state index contributed by atoms with van der Waals surface area (Å²) in [7, 11) is 2.05. The highest BCUT2D eigenvalue weighted by Crippen LogP contribution is 2.36. The topological polar surface area (TPSA) is 27.6 Å². The Bertz CT molecular complexity index is 933. The molecule has 1 N–H and O–H groups in total. The van der Waals surface area contributed by atoms with Crippen molar-refractivity contribution in [3.05, 3.63) is 82.8 Å². The van der Waals surface area contributed by atoms with E-state index in [2.05, 4.69) is 57.5 Å². The average molecular weight is 378 g/mol. The normalized spacial score (nSPS) is 14.6. The van der Waals surface area contributed by atoms with Crippen molar-refractivity contribution >= 4 is 44.5 Å². The lowest BCUT2D eigenvalue weighted by atomic mass is 10.1. The van der Waals surface area contributed by atoms with Crippen LogP contribution in [0.1, 0.15) is 5.56 Å². The van der Waals surface area contributed by atoms with Gasteiger partial charge in [0, 0.05) is 22.8 Å². The van der Waals surface area contributed by atoms with E-state index >= 15 is 0 Å². The first-order valence-electron chi connectivity index (χ1n) is 7.76. The molecule has 3 nitrogen and oxygen atoms in total. The van der Waals surface area contributed by atoms with Gasteiger partial charge in [0.25, 0.3) is 0 Å². The number of benzene rings is 3. The molecule has 1 heterocycles. The minimum absolute atomic E-state index is 0.911. The first-order chi connectivity index (χ1) is 11.7. The number of hydrogen-bond acceptors (Lipinski definition) is 2. The molecule has 4 heteroatoms. The van der Waals surface area contributed by atoms with Crippen LogP contribution in [-0.4, -0.2) is 12.9 Å². The van der Waals surface area contributed by atoms with Crippen LogP contribution in [0.15, 0.2) is 82.3 Å². The zero-order valence-electron chi connectivity index (χ0n) is 13.2. The third kappa shape index (κ3) is 2.59. The van der Waals surface area contributed by atoms with Crippen molar-refractivity contribution in [2.24, 2.45) is 4.99 Å². The van der Waals surface area contributed by atoms with Crippen molar-refractivity contribution in [3.63, 3.8) is 0 Å². The van der Waals surface area contributed by atoms with Gasteiger partial charge < -0.3 is 10.2 Å². The molecule has 0 bridgehead atoms. The maximum atomic E-state index is 4.95. The highest BCUT2D eigenvalue weighted by Gasteiger charge is 2.22. The number of para-hydroxylation sites is 4. The summed E-state index contributed by atoms with van der Waals surface area (Å²) in [6.45, 7) is 0. The summed E-state index contributed by atoms with van der Waals surface area (Å²) >= 11 is 3.59. The van der Waals surface area contributed by atoms with Crippen molar-refractivity contribution in [2.75, 3.05) is 17.3 Å². The molecule has 1 aliphatic heterocycles. The van der Waals surface area contributed by atoms with Crippen LogP contribution in [0.4, 0.5) is 22.7 Å². The number of anilines is 3. The Morgan fingerprint density at radius 1 is 0.833 bits per heavy atom. The summed E-state index contributed by atoms with van der Waals surface area (Å²) in [6.07, 6.45) is 0. The second-order valence-electron chi connectivity index (χ2n) is 5.63. The van der Waals surface area contributed by atoms with Crippen LogP contribution < -0.4 is 10.2 Å². The predicted molar refractivity (Wildman–Crippen MR) is 105 cm³/mol. The van der Waals surface area contributed by atoms with Crippen LogP contribution >= 0.6 is 15.9 Å². The van der Waals surface area contributed by atoms with E-state index in [1.54, 1.807) is 0 Å². The van der Waals surface area contributed by atoms with E-state index in [0.717, 1.165) is 38.6 Å². The van der Waals surface area contributed by atoms with E-state index < -0.39 is 0 Å². The maximum absolute atomic E-state index is 4.95. The number of fused-ring (bicyclic) bond motifs is 2. The molecule has 0 saturated heterocycles. The summed E-state index contributed by atoms with van der Waals surface area (Å²) in [5.74, 6) is 0.912. The van der Waals surface area contributed by atoms with E-state index in [9.17, 15) is 0 Å². The molecular formula is C20H16BrN3. The standard InChI is InChI=1S/C20H16BrN3/c1-24-19-13-7-6-12-18(19)22-16-10-4-2-8-14(16)20(24)23-17-11-5-3-9-15(17)21/h2-13,22H,1H3. The van der Waals surface area contributed by atoms with Crippen LogP contribution in [0.3, 0.4) is 0 Å². The Kier molecular flexibility index (Phi) is 3.82. The molecule has 0 aliphatic carbocycles. The smallest absolute Gasteiger partial charge is 0.142 e. The van der Waals surface area contributed by atoms with Gasteiger partial charge in [0.2, 0.25) is 0 Å². The van der Waals surface area contributed by atoms with Gasteiger partial charge in [0.1, 0.15) is 5.84 Å². The molecule has 0 unspecified atom stereocenters. The molecule has 0 fully saturated rings. The number of rotatable bonds is 1. The zero-order chi connectivity index (χ0) is 16.5. The maximum Gasteiger partial charge on any atom is 0.142 e. The summed E-state index contributed by atoms with van der Waals surface area (Å²) < 4.78 is 0.980. The molecule has 3 aromatic rings. The van der Waals surface area contributed by atoms with E-state index in [0.29, 0.717) is 0 Å². The van der Waals surface area contributed by atoms with E-state index in [4.69, 9.17) is 4.99 Å². The molecule has 4 rings (SSSR count). The summed E-state index contributed by atoms with van der Waals surface area (Å²) in [4.78, 5) is 7.09. The van der Waals surface area contributed by atoms with Crippen molar-refractivity contribution in [2.45, 2.75) is 0 Å². The lowest BCUT2D eigenvalue weighted by Crippen LogP contribution is -2.26. The summed E-state index contributed by atoms with van der Waals surface area (Å²) in [5, 5.41) is 3.53. The first kappa shape index (κ1) is 15.0. The van der Waals surface area contributed by atoms with Gasteiger partial charge in [-0.25, -0.2) is 4.99 Å². The number of aliphatic imine (C=N–C) groups is 1. The molecule has 24 heavy (non-hydrogen) atoms. The first-order valence-corrected chi connectivity index (χ1v) is 8.56. The van der Waals surface area contributed by atoms with Gasteiger partial charge in [0.15, 0.2) is 0 Å². The van der Waals surface area contributed by atoms with Crippen LogP contribution in [0, 0.1) is 0 Å². The van der Waals surface area contributed by atoms with Crippen molar-refractivity contribution in [3.8, 4) is 0 Å². The molecule has 0 spiro atoms. The van der Waals surface area contributed by atoms with E-state index in [1.165, 1.54) is 0 Å². The number of nitrogens with zero attached hydrogens (tertiary/aromatic N) is 2. The largest absolute Gasteiger partial charge is 0.353 e. The lowest BCUT2D eigenvalue weighted by Gasteiger charge is -2.21. The fraction of sp³-hybridized carbons (Fsp3) is 0.0500. The summed E-state index contributed by atoms with van der Waals surface area (Å²) in [5.41, 5.74) is 5.21. The molecule has 0 atom stereocenters. The average Bonchev–Trinajstić information content (AvgIpc) is 2.72. The summed E-state index contributed by atoms with van der Waals surface area (Å²) in [6, 6.07) is 24.5. The van der Waals surface area contributed by atoms with Gasteiger partial charge in [-0.1, -0.05) is 36.4 Å². The Hall–Kier alpha value is -2.59. The second-order valence-corrected chi connectivity index (χ2v) is 6.49. The lowest BCUT2D eigenvalue weighted by molar-refractivity contribution is 1.25. The van der Waals surface area contributed by atoms with Crippen LogP contribution in [0.25, 0.3) is 0 Å². The molecule has 0 amide bonds. The van der Waals surface area contributed by atoms with Crippen molar-refractivity contribution < 1.29 is 0 Å². The van der Waals surface area contributed by atoms with E-state index in [1.807, 2.05) is 48.5 Å². The van der Waals surface area contributed by atoms with Gasteiger partial charge in [-0.15, -0.1) is 0 Å². The Balaban J connectivity index is 1.96. The Morgan fingerprint density at radius 3 is 2.33 bits per heavy atom. The molecule has 0 saturated carbocycles. The van der Waals surface area contributed by atoms with Gasteiger partial charge >= 0.3 is 0 Å². The van der Waals surface area contributed by atoms with Crippen molar-refractivity contribution in [1.82, 2.24) is 0 Å². The molecule has 0 aromatic heterocycles. The second kappa shape index (κ2) is 6.13. The molecular weight excluding hydrogens is 362 g/mol. The highest BCUT2D eigenvalue weighted by molar-refractivity contribution is 9.10. The highest BCUT2D eigenvalue weighted by atomic mass is 79.9. The molecule has 0 radical (unpaired) electrons. The van der Waals surface area contributed by atoms with Gasteiger partial charge in [-0.3, -0.25) is 0 Å². The number of nitrogens with one attached hydrogen (secondary N) is 1. The molecule has 1 aliphatic rings. The SMILES string of the molecule is CN1C(=Nc2ccccc2Br)c2ccccc2Nc2ccccc21. The van der Waals surface area contributed by atoms with Crippen LogP contribution in [-0.2, 0) is 0 Å². The van der Waals surface area contributed by atoms with Gasteiger partial charge in [0.05, 0.1) is 17.1 Å². The monoisotopic (exact) mass is 377 g/mol. The molecule has 3 aromatic carbocycles. The quantitative estimate of drug-likeness (QED) is 0.586. The fourth-order valence-corrected chi connectivity index (χ4v) is 3.26. The minimum atomic E-state index is 0.911. The third-order valence-electron chi connectivity index (χ3n) is 4.10. The predicted octanol–water partition coefficient (Wildman–Crippen LogP) is 5.72. The number of hydrogen-bond donors (Lipinski definition) is 1. The van der Waals surface area contributed by atoms with Crippen LogP contribution in [0.2, 0.25) is 0 Å². The Morgan fingerprint density at radius 2 is 1.50 bits per heavy atom. The number of halogens is 1. The third-order valence-corrected chi connectivity index (χ3v) is 4.77. The van der Waals surface area contributed by atoms with Crippen molar-refractivity contribution in [1.29, 1.82) is 0 Å². The zero-order valence-corrected chi connectivity index (χ0v) is 14.8. The van der Waals surface area contributed by atoms with E-state index in [-0.39, 0.29) is 0 Å². The van der Waals surface area contributed by atoms with Gasteiger partial charge in [-0.2, -0.15) is 0 Å². The minimum Gasteiger partial charge on any atom is -0.353 e. The van der Waals surface area contributed by atoms with Gasteiger partial charge in [-0.05, 0) is 52.3 Å². The Labute approximate surface area is 149 Å².